The summed E-state index contributed by atoms with van der Waals surface area (Å²) in [6.45, 7) is 0.991. The molecule has 0 aliphatic carbocycles. The molecule has 100 valence electrons. The van der Waals surface area contributed by atoms with Crippen molar-refractivity contribution in [2.24, 2.45) is 5.73 Å². The van der Waals surface area contributed by atoms with Crippen LogP contribution in [0.1, 0.15) is 24.8 Å². The molecule has 5 nitrogen and oxygen atoms in total. The standard InChI is InChI=1S/C12H19N3O2S/c13-9-12-3-1-2-8-15(12)18(16,17)10-11-4-6-14-7-5-11/h4-7,12H,1-3,8-10,13H2/t12-/m1/s1. The molecular formula is C12H19N3O2S. The molecule has 2 heterocycles. The third kappa shape index (κ3) is 3.07. The van der Waals surface area contributed by atoms with Crippen molar-refractivity contribution in [3.05, 3.63) is 30.1 Å². The number of nitrogens with zero attached hydrogens (tertiary/aromatic N) is 2. The maximum absolute atomic E-state index is 12.4. The molecule has 0 aromatic carbocycles. The van der Waals surface area contributed by atoms with Crippen molar-refractivity contribution in [1.29, 1.82) is 0 Å². The highest BCUT2D eigenvalue weighted by Gasteiger charge is 2.31. The molecule has 6 heteroatoms. The van der Waals surface area contributed by atoms with Crippen molar-refractivity contribution < 1.29 is 8.42 Å². The number of sulfonamides is 1. The van der Waals surface area contributed by atoms with Crippen molar-refractivity contribution in [3.63, 3.8) is 0 Å². The fourth-order valence-corrected chi connectivity index (χ4v) is 4.18. The van der Waals surface area contributed by atoms with Crippen LogP contribution in [0.3, 0.4) is 0 Å². The van der Waals surface area contributed by atoms with Gasteiger partial charge in [0.15, 0.2) is 0 Å². The Balaban J connectivity index is 2.14. The molecule has 0 spiro atoms. The third-order valence-corrected chi connectivity index (χ3v) is 5.19. The van der Waals surface area contributed by atoms with Crippen LogP contribution in [0, 0.1) is 0 Å². The van der Waals surface area contributed by atoms with E-state index in [1.54, 1.807) is 28.8 Å². The van der Waals surface area contributed by atoms with Gasteiger partial charge in [-0.3, -0.25) is 4.98 Å². The molecule has 1 aromatic heterocycles. The average Bonchev–Trinajstić information content (AvgIpc) is 2.39. The summed E-state index contributed by atoms with van der Waals surface area (Å²) in [6.07, 6.45) is 6.07. The molecule has 1 fully saturated rings. The molecule has 18 heavy (non-hydrogen) atoms. The number of piperidine rings is 1. The Kier molecular flexibility index (Phi) is 4.31. The van der Waals surface area contributed by atoms with Gasteiger partial charge < -0.3 is 5.73 Å². The molecule has 0 radical (unpaired) electrons. The Morgan fingerprint density at radius 3 is 2.72 bits per heavy atom. The fraction of sp³-hybridized carbons (Fsp3) is 0.583. The summed E-state index contributed by atoms with van der Waals surface area (Å²) < 4.78 is 26.3. The minimum Gasteiger partial charge on any atom is -0.329 e. The quantitative estimate of drug-likeness (QED) is 0.874. The number of aromatic nitrogens is 1. The van der Waals surface area contributed by atoms with E-state index in [1.807, 2.05) is 0 Å². The normalized spacial score (nSPS) is 21.9. The van der Waals surface area contributed by atoms with Crippen molar-refractivity contribution in [3.8, 4) is 0 Å². The van der Waals surface area contributed by atoms with Crippen LogP contribution in [-0.4, -0.2) is 36.8 Å². The molecule has 0 saturated carbocycles. The largest absolute Gasteiger partial charge is 0.329 e. The molecule has 1 atom stereocenters. The highest BCUT2D eigenvalue weighted by atomic mass is 32.2. The van der Waals surface area contributed by atoms with E-state index in [4.69, 9.17) is 5.73 Å². The van der Waals surface area contributed by atoms with Gasteiger partial charge in [-0.05, 0) is 30.5 Å². The smallest absolute Gasteiger partial charge is 0.218 e. The van der Waals surface area contributed by atoms with Crippen molar-refractivity contribution in [1.82, 2.24) is 9.29 Å². The monoisotopic (exact) mass is 269 g/mol. The maximum Gasteiger partial charge on any atom is 0.218 e. The van der Waals surface area contributed by atoms with Gasteiger partial charge in [-0.2, -0.15) is 4.31 Å². The fourth-order valence-electron chi connectivity index (χ4n) is 2.35. The van der Waals surface area contributed by atoms with Crippen LogP contribution in [0.15, 0.2) is 24.5 Å². The lowest BCUT2D eigenvalue weighted by molar-refractivity contribution is 0.257. The second-order valence-corrected chi connectivity index (χ2v) is 6.53. The summed E-state index contributed by atoms with van der Waals surface area (Å²) in [7, 11) is -3.27. The van der Waals surface area contributed by atoms with E-state index >= 15 is 0 Å². The number of nitrogens with two attached hydrogens (primary N) is 1. The van der Waals surface area contributed by atoms with Crippen LogP contribution < -0.4 is 5.73 Å². The van der Waals surface area contributed by atoms with Crippen LogP contribution in [0.25, 0.3) is 0 Å². The summed E-state index contributed by atoms with van der Waals surface area (Å²) in [5.74, 6) is 0.0337. The van der Waals surface area contributed by atoms with E-state index in [1.165, 1.54) is 0 Å². The van der Waals surface area contributed by atoms with Gasteiger partial charge in [0.05, 0.1) is 5.75 Å². The zero-order valence-electron chi connectivity index (χ0n) is 10.3. The third-order valence-electron chi connectivity index (χ3n) is 3.30. The van der Waals surface area contributed by atoms with Gasteiger partial charge in [0, 0.05) is 31.5 Å². The van der Waals surface area contributed by atoms with Gasteiger partial charge in [-0.1, -0.05) is 6.42 Å². The number of hydrogen-bond acceptors (Lipinski definition) is 4. The van der Waals surface area contributed by atoms with Crippen LogP contribution in [0.4, 0.5) is 0 Å². The first-order valence-electron chi connectivity index (χ1n) is 6.22. The van der Waals surface area contributed by atoms with E-state index < -0.39 is 10.0 Å². The predicted octanol–water partition coefficient (Wildman–Crippen LogP) is 0.725. The van der Waals surface area contributed by atoms with Gasteiger partial charge in [0.1, 0.15) is 0 Å². The lowest BCUT2D eigenvalue weighted by Gasteiger charge is -2.33. The zero-order valence-corrected chi connectivity index (χ0v) is 11.1. The van der Waals surface area contributed by atoms with E-state index in [9.17, 15) is 8.42 Å². The zero-order chi connectivity index (χ0) is 13.0. The topological polar surface area (TPSA) is 76.3 Å². The molecule has 1 aliphatic heterocycles. The Bertz CT molecular complexity index is 475. The molecule has 0 unspecified atom stereocenters. The average molecular weight is 269 g/mol. The Morgan fingerprint density at radius 2 is 2.06 bits per heavy atom. The number of hydrogen-bond donors (Lipinski definition) is 1. The van der Waals surface area contributed by atoms with E-state index in [-0.39, 0.29) is 11.8 Å². The van der Waals surface area contributed by atoms with Crippen molar-refractivity contribution in [2.45, 2.75) is 31.1 Å². The molecule has 0 amide bonds. The molecule has 1 saturated heterocycles. The second-order valence-electron chi connectivity index (χ2n) is 4.61. The van der Waals surface area contributed by atoms with Crippen LogP contribution in [-0.2, 0) is 15.8 Å². The van der Waals surface area contributed by atoms with E-state index in [0.29, 0.717) is 13.1 Å². The SMILES string of the molecule is NC[C@H]1CCCCN1S(=O)(=O)Cc1ccncc1. The van der Waals surface area contributed by atoms with E-state index in [2.05, 4.69) is 4.98 Å². The summed E-state index contributed by atoms with van der Waals surface area (Å²) in [5.41, 5.74) is 6.44. The van der Waals surface area contributed by atoms with Gasteiger partial charge in [0.25, 0.3) is 0 Å². The van der Waals surface area contributed by atoms with Gasteiger partial charge in [0.2, 0.25) is 10.0 Å². The Morgan fingerprint density at radius 1 is 1.33 bits per heavy atom. The molecule has 2 rings (SSSR count). The minimum atomic E-state index is -3.27. The molecular weight excluding hydrogens is 250 g/mol. The maximum atomic E-state index is 12.4. The van der Waals surface area contributed by atoms with Gasteiger partial charge >= 0.3 is 0 Å². The Hall–Kier alpha value is -0.980. The van der Waals surface area contributed by atoms with E-state index in [0.717, 1.165) is 24.8 Å². The summed E-state index contributed by atoms with van der Waals surface area (Å²) in [6, 6.07) is 3.43. The summed E-state index contributed by atoms with van der Waals surface area (Å²) >= 11 is 0. The van der Waals surface area contributed by atoms with Crippen LogP contribution >= 0.6 is 0 Å². The first kappa shape index (κ1) is 13.5. The van der Waals surface area contributed by atoms with Crippen LogP contribution in [0.5, 0.6) is 0 Å². The van der Waals surface area contributed by atoms with Crippen molar-refractivity contribution in [2.75, 3.05) is 13.1 Å². The summed E-state index contributed by atoms with van der Waals surface area (Å²) in [4.78, 5) is 3.89. The van der Waals surface area contributed by atoms with Gasteiger partial charge in [-0.25, -0.2) is 8.42 Å². The Labute approximate surface area is 108 Å². The van der Waals surface area contributed by atoms with Crippen molar-refractivity contribution >= 4 is 10.0 Å². The lowest BCUT2D eigenvalue weighted by Crippen LogP contribution is -2.47. The first-order chi connectivity index (χ1) is 8.63. The highest BCUT2D eigenvalue weighted by molar-refractivity contribution is 7.88. The molecule has 1 aromatic rings. The molecule has 2 N–H and O–H groups in total. The van der Waals surface area contributed by atoms with Gasteiger partial charge in [-0.15, -0.1) is 0 Å². The molecule has 1 aliphatic rings. The molecule has 0 bridgehead atoms. The second kappa shape index (κ2) is 5.77. The first-order valence-corrected chi connectivity index (χ1v) is 7.83. The lowest BCUT2D eigenvalue weighted by atomic mass is 10.1. The minimum absolute atomic E-state index is 0.0337. The van der Waals surface area contributed by atoms with Crippen LogP contribution in [0.2, 0.25) is 0 Å². The number of pyridine rings is 1. The summed E-state index contributed by atoms with van der Waals surface area (Å²) in [5, 5.41) is 0. The number of rotatable bonds is 4. The predicted molar refractivity (Wildman–Crippen MR) is 70.3 cm³/mol. The highest BCUT2D eigenvalue weighted by Crippen LogP contribution is 2.22.